The Bertz CT molecular complexity index is 1290. The summed E-state index contributed by atoms with van der Waals surface area (Å²) in [5.41, 5.74) is 3.65. The minimum atomic E-state index is -1.58. The van der Waals surface area contributed by atoms with Gasteiger partial charge in [0.1, 0.15) is 5.82 Å². The summed E-state index contributed by atoms with van der Waals surface area (Å²) in [6.45, 7) is 2.76. The van der Waals surface area contributed by atoms with Crippen molar-refractivity contribution >= 4 is 5.91 Å². The van der Waals surface area contributed by atoms with Crippen molar-refractivity contribution in [1.82, 2.24) is 20.3 Å². The number of carbonyl (C=O) groups excluding carboxylic acids is 1. The molecule has 0 radical (unpaired) electrons. The van der Waals surface area contributed by atoms with Crippen molar-refractivity contribution in [1.29, 1.82) is 0 Å². The maximum Gasteiger partial charge on any atom is 0.314 e. The molecule has 1 amide bonds. The van der Waals surface area contributed by atoms with Crippen LogP contribution in [0.1, 0.15) is 18.3 Å². The number of aromatic nitrogens is 3. The van der Waals surface area contributed by atoms with Crippen LogP contribution in [0, 0.1) is 11.7 Å². The van der Waals surface area contributed by atoms with Crippen molar-refractivity contribution in [3.63, 3.8) is 0 Å². The van der Waals surface area contributed by atoms with E-state index in [9.17, 15) is 9.18 Å². The van der Waals surface area contributed by atoms with Gasteiger partial charge in [0.05, 0.1) is 31.0 Å². The van der Waals surface area contributed by atoms with E-state index >= 15 is 0 Å². The molecule has 2 aromatic carbocycles. The first kappa shape index (κ1) is 22.9. The predicted octanol–water partition coefficient (Wildman–Crippen LogP) is 4.43. The lowest BCUT2D eigenvalue weighted by Gasteiger charge is -2.37. The summed E-state index contributed by atoms with van der Waals surface area (Å²) in [6.07, 6.45) is 3.52. The standard InChI is InChI=1S/C27H25FN4O3/c1-18-16-34-27(35-17-18,32-23(33)15-19-5-3-2-4-6-19)26-30-24(20-7-9-22(28)10-8-20)25(31-26)21-11-13-29-14-12-21/h2-14,18H,15-17H2,1H3,(H,30,31)(H,32,33). The topological polar surface area (TPSA) is 89.1 Å². The number of rotatable bonds is 6. The lowest BCUT2D eigenvalue weighted by molar-refractivity contribution is -0.307. The Morgan fingerprint density at radius 3 is 2.40 bits per heavy atom. The first-order chi connectivity index (χ1) is 17.0. The molecule has 0 saturated carbocycles. The zero-order valence-corrected chi connectivity index (χ0v) is 19.2. The molecule has 2 aromatic heterocycles. The minimum absolute atomic E-state index is 0.153. The number of hydrogen-bond donors (Lipinski definition) is 2. The second-order valence-electron chi connectivity index (χ2n) is 8.61. The van der Waals surface area contributed by atoms with Gasteiger partial charge in [0.2, 0.25) is 5.91 Å². The number of aromatic amines is 1. The van der Waals surface area contributed by atoms with Gasteiger partial charge in [-0.05, 0) is 42.0 Å². The summed E-state index contributed by atoms with van der Waals surface area (Å²) in [5.74, 6) is -1.74. The second kappa shape index (κ2) is 9.77. The molecule has 0 spiro atoms. The van der Waals surface area contributed by atoms with Gasteiger partial charge in [-0.3, -0.25) is 15.1 Å². The molecule has 0 atom stereocenters. The number of carbonyl (C=O) groups is 1. The molecule has 35 heavy (non-hydrogen) atoms. The Balaban J connectivity index is 1.55. The SMILES string of the molecule is CC1COC(NC(=O)Cc2ccccc2)(c2nc(-c3ccc(F)cc3)c(-c3ccncc3)[nH]2)OC1. The largest absolute Gasteiger partial charge is 0.335 e. The molecular formula is C27H25FN4O3. The van der Waals surface area contributed by atoms with Crippen molar-refractivity contribution in [2.75, 3.05) is 13.2 Å². The van der Waals surface area contributed by atoms with E-state index in [-0.39, 0.29) is 24.1 Å². The van der Waals surface area contributed by atoms with Crippen LogP contribution < -0.4 is 5.32 Å². The Hall–Kier alpha value is -3.88. The van der Waals surface area contributed by atoms with Crippen LogP contribution in [-0.2, 0) is 26.6 Å². The number of hydrogen-bond acceptors (Lipinski definition) is 5. The molecule has 4 aromatic rings. The number of halogens is 1. The van der Waals surface area contributed by atoms with Gasteiger partial charge in [0.25, 0.3) is 0 Å². The molecule has 2 N–H and O–H groups in total. The summed E-state index contributed by atoms with van der Waals surface area (Å²) in [4.78, 5) is 25.3. The summed E-state index contributed by atoms with van der Waals surface area (Å²) in [6, 6.07) is 19.2. The zero-order chi connectivity index (χ0) is 24.3. The zero-order valence-electron chi connectivity index (χ0n) is 19.2. The maximum atomic E-state index is 13.6. The Labute approximate surface area is 202 Å². The van der Waals surface area contributed by atoms with E-state index in [0.717, 1.165) is 11.1 Å². The van der Waals surface area contributed by atoms with Gasteiger partial charge in [-0.15, -0.1) is 0 Å². The fourth-order valence-electron chi connectivity index (χ4n) is 3.96. The summed E-state index contributed by atoms with van der Waals surface area (Å²) in [5, 5.41) is 2.92. The molecule has 3 heterocycles. The molecule has 7 nitrogen and oxygen atoms in total. The molecule has 178 valence electrons. The molecule has 1 saturated heterocycles. The van der Waals surface area contributed by atoms with E-state index in [1.54, 1.807) is 24.5 Å². The Morgan fingerprint density at radius 1 is 1.03 bits per heavy atom. The van der Waals surface area contributed by atoms with Crippen LogP contribution in [-0.4, -0.2) is 34.1 Å². The van der Waals surface area contributed by atoms with Gasteiger partial charge in [-0.1, -0.05) is 37.3 Å². The van der Waals surface area contributed by atoms with Crippen LogP contribution in [0.4, 0.5) is 4.39 Å². The van der Waals surface area contributed by atoms with E-state index in [2.05, 4.69) is 15.3 Å². The molecular weight excluding hydrogens is 447 g/mol. The molecule has 0 aliphatic carbocycles. The smallest absolute Gasteiger partial charge is 0.314 e. The lowest BCUT2D eigenvalue weighted by atomic mass is 10.1. The molecule has 8 heteroatoms. The van der Waals surface area contributed by atoms with Crippen molar-refractivity contribution in [2.45, 2.75) is 19.3 Å². The predicted molar refractivity (Wildman–Crippen MR) is 128 cm³/mol. The van der Waals surface area contributed by atoms with Crippen LogP contribution in [0.15, 0.2) is 79.1 Å². The quantitative estimate of drug-likeness (QED) is 0.433. The van der Waals surface area contributed by atoms with E-state index in [4.69, 9.17) is 14.5 Å². The fourth-order valence-corrected chi connectivity index (χ4v) is 3.96. The third kappa shape index (κ3) is 4.99. The highest BCUT2D eigenvalue weighted by Gasteiger charge is 2.44. The van der Waals surface area contributed by atoms with E-state index in [1.807, 2.05) is 49.4 Å². The van der Waals surface area contributed by atoms with E-state index in [0.29, 0.717) is 36.0 Å². The van der Waals surface area contributed by atoms with Crippen LogP contribution in [0.5, 0.6) is 0 Å². The normalized spacial score (nSPS) is 19.9. The first-order valence-corrected chi connectivity index (χ1v) is 11.4. The van der Waals surface area contributed by atoms with E-state index in [1.165, 1.54) is 12.1 Å². The van der Waals surface area contributed by atoms with E-state index < -0.39 is 5.91 Å². The average molecular weight is 473 g/mol. The molecule has 0 unspecified atom stereocenters. The summed E-state index contributed by atoms with van der Waals surface area (Å²) < 4.78 is 25.8. The van der Waals surface area contributed by atoms with Gasteiger partial charge >= 0.3 is 5.91 Å². The van der Waals surface area contributed by atoms with Gasteiger partial charge in [-0.25, -0.2) is 9.37 Å². The maximum absolute atomic E-state index is 13.6. The number of ether oxygens (including phenoxy) is 2. The van der Waals surface area contributed by atoms with Crippen LogP contribution in [0.25, 0.3) is 22.5 Å². The van der Waals surface area contributed by atoms with Crippen molar-refractivity contribution in [2.24, 2.45) is 5.92 Å². The summed E-state index contributed by atoms with van der Waals surface area (Å²) >= 11 is 0. The summed E-state index contributed by atoms with van der Waals surface area (Å²) in [7, 11) is 0. The highest BCUT2D eigenvalue weighted by molar-refractivity contribution is 5.80. The van der Waals surface area contributed by atoms with Crippen LogP contribution in [0.2, 0.25) is 0 Å². The highest BCUT2D eigenvalue weighted by Crippen LogP contribution is 2.35. The molecule has 1 fully saturated rings. The number of imidazole rings is 1. The molecule has 1 aliphatic rings. The third-order valence-corrected chi connectivity index (χ3v) is 5.76. The van der Waals surface area contributed by atoms with Gasteiger partial charge < -0.3 is 14.5 Å². The van der Waals surface area contributed by atoms with Crippen LogP contribution >= 0.6 is 0 Å². The van der Waals surface area contributed by atoms with Crippen molar-refractivity contribution in [3.8, 4) is 22.5 Å². The number of nitrogens with zero attached hydrogens (tertiary/aromatic N) is 2. The average Bonchev–Trinajstić information content (AvgIpc) is 3.33. The van der Waals surface area contributed by atoms with Gasteiger partial charge in [0, 0.05) is 29.4 Å². The third-order valence-electron chi connectivity index (χ3n) is 5.76. The van der Waals surface area contributed by atoms with Gasteiger partial charge in [-0.2, -0.15) is 0 Å². The molecule has 1 aliphatic heterocycles. The van der Waals surface area contributed by atoms with Crippen LogP contribution in [0.3, 0.4) is 0 Å². The number of pyridine rings is 1. The minimum Gasteiger partial charge on any atom is -0.335 e. The van der Waals surface area contributed by atoms with Crippen molar-refractivity contribution < 1.29 is 18.7 Å². The number of nitrogens with one attached hydrogen (secondary N) is 2. The lowest BCUT2D eigenvalue weighted by Crippen LogP contribution is -2.55. The number of amides is 1. The van der Waals surface area contributed by atoms with Gasteiger partial charge in [0.15, 0.2) is 5.82 Å². The molecule has 0 bridgehead atoms. The Morgan fingerprint density at radius 2 is 1.71 bits per heavy atom. The fraction of sp³-hybridized carbons (Fsp3) is 0.222. The Kier molecular flexibility index (Phi) is 6.39. The number of H-pyrrole nitrogens is 1. The highest BCUT2D eigenvalue weighted by atomic mass is 19.1. The monoisotopic (exact) mass is 472 g/mol. The van der Waals surface area contributed by atoms with Crippen molar-refractivity contribution in [3.05, 3.63) is 96.3 Å². The molecule has 5 rings (SSSR count). The second-order valence-corrected chi connectivity index (χ2v) is 8.61. The number of benzene rings is 2. The first-order valence-electron chi connectivity index (χ1n) is 11.4.